The van der Waals surface area contributed by atoms with Crippen LogP contribution >= 0.6 is 0 Å². The van der Waals surface area contributed by atoms with Crippen LogP contribution in [0.2, 0.25) is 0 Å². The first kappa shape index (κ1) is 9.27. The van der Waals surface area contributed by atoms with Gasteiger partial charge in [-0.3, -0.25) is 0 Å². The summed E-state index contributed by atoms with van der Waals surface area (Å²) in [7, 11) is 3.30. The molecule has 1 aromatic rings. The Morgan fingerprint density at radius 2 is 2.36 bits per heavy atom. The number of aryl methyl sites for hydroxylation is 2. The summed E-state index contributed by atoms with van der Waals surface area (Å²) in [6.07, 6.45) is 5.40. The van der Waals surface area contributed by atoms with Gasteiger partial charge in [0.05, 0.1) is 7.11 Å². The highest BCUT2D eigenvalue weighted by Crippen LogP contribution is 2.36. The Bertz CT molecular complexity index is 383. The molecule has 0 radical (unpaired) electrons. The van der Waals surface area contributed by atoms with Crippen molar-refractivity contribution in [3.8, 4) is 0 Å². The average Bonchev–Trinajstić information content (AvgIpc) is 2.66. The van der Waals surface area contributed by atoms with E-state index in [1.165, 1.54) is 7.11 Å². The van der Waals surface area contributed by atoms with E-state index in [2.05, 4.69) is 0 Å². The van der Waals surface area contributed by atoms with E-state index >= 15 is 0 Å². The largest absolute Gasteiger partial charge is 0.467 e. The van der Waals surface area contributed by atoms with Crippen LogP contribution in [0.25, 0.3) is 0 Å². The lowest BCUT2D eigenvalue weighted by molar-refractivity contribution is -0.147. The fourth-order valence-electron chi connectivity index (χ4n) is 2.10. The van der Waals surface area contributed by atoms with Crippen molar-refractivity contribution in [1.82, 2.24) is 4.57 Å². The van der Waals surface area contributed by atoms with Crippen LogP contribution in [0.1, 0.15) is 17.5 Å². The van der Waals surface area contributed by atoms with Gasteiger partial charge in [-0.1, -0.05) is 0 Å². The molecule has 4 nitrogen and oxygen atoms in total. The molecule has 0 saturated carbocycles. The number of nitrogens with two attached hydrogens (primary N) is 1. The van der Waals surface area contributed by atoms with Crippen molar-refractivity contribution >= 4 is 5.97 Å². The molecular weight excluding hydrogens is 180 g/mol. The molecule has 1 aromatic heterocycles. The van der Waals surface area contributed by atoms with Gasteiger partial charge in [-0.05, 0) is 18.4 Å². The van der Waals surface area contributed by atoms with Crippen LogP contribution in [0.4, 0.5) is 0 Å². The second kappa shape index (κ2) is 2.85. The highest BCUT2D eigenvalue weighted by Gasteiger charge is 2.43. The summed E-state index contributed by atoms with van der Waals surface area (Å²) in [5.74, 6) is -0.345. The van der Waals surface area contributed by atoms with Gasteiger partial charge in [0.25, 0.3) is 0 Å². The minimum atomic E-state index is -0.925. The van der Waals surface area contributed by atoms with Crippen LogP contribution in [0.3, 0.4) is 0 Å². The monoisotopic (exact) mass is 194 g/mol. The van der Waals surface area contributed by atoms with Crippen molar-refractivity contribution in [1.29, 1.82) is 0 Å². The third-order valence-corrected chi connectivity index (χ3v) is 2.86. The Labute approximate surface area is 82.6 Å². The Morgan fingerprint density at radius 3 is 3.00 bits per heavy atom. The number of methoxy groups -OCH3 is 1. The van der Waals surface area contributed by atoms with Crippen LogP contribution < -0.4 is 5.73 Å². The highest BCUT2D eigenvalue weighted by molar-refractivity contribution is 5.83. The summed E-state index contributed by atoms with van der Waals surface area (Å²) in [6, 6.07) is 0. The number of aromatic nitrogens is 1. The number of hydrogen-bond acceptors (Lipinski definition) is 3. The Morgan fingerprint density at radius 1 is 1.64 bits per heavy atom. The maximum atomic E-state index is 11.6. The van der Waals surface area contributed by atoms with E-state index < -0.39 is 5.54 Å². The van der Waals surface area contributed by atoms with Gasteiger partial charge in [-0.15, -0.1) is 0 Å². The number of hydrogen-bond donors (Lipinski definition) is 1. The summed E-state index contributed by atoms with van der Waals surface area (Å²) in [4.78, 5) is 11.6. The van der Waals surface area contributed by atoms with E-state index in [1.54, 1.807) is 0 Å². The van der Waals surface area contributed by atoms with E-state index in [0.29, 0.717) is 6.42 Å². The molecule has 0 saturated heterocycles. The molecule has 1 unspecified atom stereocenters. The number of ether oxygens (including phenoxy) is 1. The van der Waals surface area contributed by atoms with Crippen molar-refractivity contribution in [2.24, 2.45) is 12.8 Å². The zero-order chi connectivity index (χ0) is 10.3. The van der Waals surface area contributed by atoms with Gasteiger partial charge < -0.3 is 15.0 Å². The number of carbonyl (C=O) groups is 1. The molecule has 0 amide bonds. The molecule has 76 valence electrons. The first-order valence-electron chi connectivity index (χ1n) is 4.60. The van der Waals surface area contributed by atoms with Gasteiger partial charge in [0.2, 0.25) is 0 Å². The van der Waals surface area contributed by atoms with Crippen molar-refractivity contribution < 1.29 is 9.53 Å². The zero-order valence-electron chi connectivity index (χ0n) is 8.41. The number of rotatable bonds is 1. The molecule has 0 aromatic carbocycles. The predicted molar refractivity (Wildman–Crippen MR) is 51.6 cm³/mol. The lowest BCUT2D eigenvalue weighted by atomic mass is 9.95. The van der Waals surface area contributed by atoms with Crippen LogP contribution in [-0.2, 0) is 28.5 Å². The summed E-state index contributed by atoms with van der Waals surface area (Å²) < 4.78 is 6.66. The van der Waals surface area contributed by atoms with Gasteiger partial charge >= 0.3 is 5.97 Å². The second-order valence-electron chi connectivity index (χ2n) is 3.83. The lowest BCUT2D eigenvalue weighted by Gasteiger charge is -2.20. The standard InChI is InChI=1S/C10H14N2O2/c1-12-5-7-3-4-10(11,8(7)6-12)9(13)14-2/h5-6H,3-4,11H2,1-2H3. The van der Waals surface area contributed by atoms with Crippen molar-refractivity contribution in [2.75, 3.05) is 7.11 Å². The highest BCUT2D eigenvalue weighted by atomic mass is 16.5. The van der Waals surface area contributed by atoms with E-state index in [-0.39, 0.29) is 5.97 Å². The van der Waals surface area contributed by atoms with Crippen LogP contribution in [0.15, 0.2) is 12.4 Å². The van der Waals surface area contributed by atoms with Crippen LogP contribution in [0.5, 0.6) is 0 Å². The summed E-state index contributed by atoms with van der Waals surface area (Å²) >= 11 is 0. The molecule has 0 spiro atoms. The molecule has 1 heterocycles. The molecule has 1 aliphatic carbocycles. The van der Waals surface area contributed by atoms with Crippen molar-refractivity contribution in [3.63, 3.8) is 0 Å². The maximum Gasteiger partial charge on any atom is 0.330 e. The fourth-order valence-corrected chi connectivity index (χ4v) is 2.10. The topological polar surface area (TPSA) is 57.2 Å². The Balaban J connectivity index is 2.45. The minimum Gasteiger partial charge on any atom is -0.467 e. The first-order chi connectivity index (χ1) is 6.58. The van der Waals surface area contributed by atoms with Crippen LogP contribution in [0, 0.1) is 0 Å². The number of fused-ring (bicyclic) bond motifs is 1. The summed E-state index contributed by atoms with van der Waals surface area (Å²) in [5, 5.41) is 0. The number of esters is 1. The summed E-state index contributed by atoms with van der Waals surface area (Å²) in [5.41, 5.74) is 7.19. The smallest absolute Gasteiger partial charge is 0.330 e. The van der Waals surface area contributed by atoms with Crippen molar-refractivity contribution in [3.05, 3.63) is 23.5 Å². The third kappa shape index (κ3) is 1.07. The molecule has 4 heteroatoms. The summed E-state index contributed by atoms with van der Waals surface area (Å²) in [6.45, 7) is 0. The number of carbonyl (C=O) groups excluding carboxylic acids is 1. The minimum absolute atomic E-state index is 0.345. The lowest BCUT2D eigenvalue weighted by Crippen LogP contribution is -2.43. The molecule has 0 fully saturated rings. The molecule has 0 bridgehead atoms. The maximum absolute atomic E-state index is 11.6. The van der Waals surface area contributed by atoms with E-state index in [9.17, 15) is 4.79 Å². The molecule has 0 aliphatic heterocycles. The molecular formula is C10H14N2O2. The first-order valence-corrected chi connectivity index (χ1v) is 4.60. The average molecular weight is 194 g/mol. The Kier molecular flexibility index (Phi) is 1.89. The number of nitrogens with zero attached hydrogens (tertiary/aromatic N) is 1. The van der Waals surface area contributed by atoms with Gasteiger partial charge in [-0.25, -0.2) is 4.79 Å². The van der Waals surface area contributed by atoms with E-state index in [0.717, 1.165) is 17.5 Å². The fraction of sp³-hybridized carbons (Fsp3) is 0.500. The van der Waals surface area contributed by atoms with Gasteiger partial charge in [-0.2, -0.15) is 0 Å². The van der Waals surface area contributed by atoms with Gasteiger partial charge in [0, 0.05) is 25.0 Å². The molecule has 1 atom stereocenters. The normalized spacial score (nSPS) is 24.8. The molecule has 2 rings (SSSR count). The Hall–Kier alpha value is -1.29. The van der Waals surface area contributed by atoms with Crippen molar-refractivity contribution in [2.45, 2.75) is 18.4 Å². The molecule has 2 N–H and O–H groups in total. The van der Waals surface area contributed by atoms with E-state index in [1.807, 2.05) is 24.0 Å². The SMILES string of the molecule is COC(=O)C1(N)CCc2cn(C)cc21. The van der Waals surface area contributed by atoms with E-state index in [4.69, 9.17) is 10.5 Å². The molecule has 14 heavy (non-hydrogen) atoms. The molecule has 1 aliphatic rings. The quantitative estimate of drug-likeness (QED) is 0.654. The van der Waals surface area contributed by atoms with Crippen LogP contribution in [-0.4, -0.2) is 17.6 Å². The second-order valence-corrected chi connectivity index (χ2v) is 3.83. The van der Waals surface area contributed by atoms with Gasteiger partial charge in [0.1, 0.15) is 5.54 Å². The van der Waals surface area contributed by atoms with Gasteiger partial charge in [0.15, 0.2) is 0 Å². The zero-order valence-corrected chi connectivity index (χ0v) is 8.41. The predicted octanol–water partition coefficient (Wildman–Crippen LogP) is 0.298. The third-order valence-electron chi connectivity index (χ3n) is 2.86.